The largest absolute Gasteiger partial charge is 0.347 e. The fourth-order valence-electron chi connectivity index (χ4n) is 2.91. The maximum atomic E-state index is 12.2. The van der Waals surface area contributed by atoms with Gasteiger partial charge < -0.3 is 14.4 Å². The van der Waals surface area contributed by atoms with Crippen molar-refractivity contribution in [1.29, 1.82) is 0 Å². The van der Waals surface area contributed by atoms with Crippen LogP contribution in [0.25, 0.3) is 0 Å². The van der Waals surface area contributed by atoms with Crippen molar-refractivity contribution in [2.45, 2.75) is 37.9 Å². The summed E-state index contributed by atoms with van der Waals surface area (Å²) in [4.78, 5) is 15.5. The molecule has 2 saturated heterocycles. The van der Waals surface area contributed by atoms with Gasteiger partial charge in [0, 0.05) is 37.2 Å². The van der Waals surface area contributed by atoms with E-state index in [9.17, 15) is 4.79 Å². The summed E-state index contributed by atoms with van der Waals surface area (Å²) < 4.78 is 11.4. The van der Waals surface area contributed by atoms with Crippen molar-refractivity contribution in [2.75, 3.05) is 26.3 Å². The van der Waals surface area contributed by atoms with E-state index < -0.39 is 0 Å². The molecule has 1 spiro atoms. The standard InChI is InChI=1S/C15H21NO3S/c17-14(5-1-3-13-4-2-12-20-13)16-8-6-15(7-9-16)18-10-11-19-15/h2,4,12H,1,3,5-11H2. The van der Waals surface area contributed by atoms with Gasteiger partial charge in [0.05, 0.1) is 13.2 Å². The number of aryl methyl sites for hydroxylation is 1. The number of hydrogen-bond donors (Lipinski definition) is 0. The van der Waals surface area contributed by atoms with Crippen LogP contribution in [0.4, 0.5) is 0 Å². The third-order valence-electron chi connectivity index (χ3n) is 4.09. The molecule has 1 aromatic rings. The Morgan fingerprint density at radius 2 is 2.05 bits per heavy atom. The molecule has 3 heterocycles. The average molecular weight is 295 g/mol. The predicted molar refractivity (Wildman–Crippen MR) is 77.7 cm³/mol. The van der Waals surface area contributed by atoms with Crippen LogP contribution in [0.5, 0.6) is 0 Å². The van der Waals surface area contributed by atoms with Crippen molar-refractivity contribution in [3.8, 4) is 0 Å². The zero-order chi connectivity index (χ0) is 13.8. The lowest BCUT2D eigenvalue weighted by atomic mass is 10.0. The van der Waals surface area contributed by atoms with Gasteiger partial charge in [-0.1, -0.05) is 6.07 Å². The fraction of sp³-hybridized carbons (Fsp3) is 0.667. The lowest BCUT2D eigenvalue weighted by molar-refractivity contribution is -0.187. The highest BCUT2D eigenvalue weighted by molar-refractivity contribution is 7.09. The Morgan fingerprint density at radius 3 is 2.70 bits per heavy atom. The molecule has 0 saturated carbocycles. The average Bonchev–Trinajstić information content (AvgIpc) is 3.12. The summed E-state index contributed by atoms with van der Waals surface area (Å²) in [6, 6.07) is 4.20. The van der Waals surface area contributed by atoms with Gasteiger partial charge >= 0.3 is 0 Å². The minimum atomic E-state index is -0.381. The van der Waals surface area contributed by atoms with E-state index in [0.717, 1.165) is 38.8 Å². The Labute approximate surface area is 123 Å². The molecule has 0 aliphatic carbocycles. The Kier molecular flexibility index (Phi) is 4.38. The smallest absolute Gasteiger partial charge is 0.222 e. The number of nitrogens with zero attached hydrogens (tertiary/aromatic N) is 1. The van der Waals surface area contributed by atoms with Crippen LogP contribution in [-0.2, 0) is 20.7 Å². The zero-order valence-electron chi connectivity index (χ0n) is 11.7. The molecule has 0 aromatic carbocycles. The quantitative estimate of drug-likeness (QED) is 0.856. The number of likely N-dealkylation sites (tertiary alicyclic amines) is 1. The van der Waals surface area contributed by atoms with Gasteiger partial charge in [-0.2, -0.15) is 0 Å². The number of piperidine rings is 1. The lowest BCUT2D eigenvalue weighted by Gasteiger charge is -2.37. The third kappa shape index (κ3) is 3.22. The van der Waals surface area contributed by atoms with Crippen molar-refractivity contribution in [2.24, 2.45) is 0 Å². The summed E-state index contributed by atoms with van der Waals surface area (Å²) in [6.07, 6.45) is 4.21. The van der Waals surface area contributed by atoms with Crippen molar-refractivity contribution in [3.63, 3.8) is 0 Å². The number of rotatable bonds is 4. The van der Waals surface area contributed by atoms with Crippen LogP contribution in [0.1, 0.15) is 30.6 Å². The number of amides is 1. The fourth-order valence-corrected chi connectivity index (χ4v) is 3.66. The Morgan fingerprint density at radius 1 is 1.30 bits per heavy atom. The summed E-state index contributed by atoms with van der Waals surface area (Å²) in [5, 5.41) is 2.09. The van der Waals surface area contributed by atoms with E-state index >= 15 is 0 Å². The minimum Gasteiger partial charge on any atom is -0.347 e. The van der Waals surface area contributed by atoms with Crippen molar-refractivity contribution in [3.05, 3.63) is 22.4 Å². The number of thiophene rings is 1. The first-order valence-electron chi connectivity index (χ1n) is 7.36. The second kappa shape index (κ2) is 6.24. The van der Waals surface area contributed by atoms with Crippen molar-refractivity contribution < 1.29 is 14.3 Å². The van der Waals surface area contributed by atoms with E-state index in [1.165, 1.54) is 4.88 Å². The van der Waals surface area contributed by atoms with E-state index in [-0.39, 0.29) is 11.7 Å². The predicted octanol–water partition coefficient (Wildman–Crippen LogP) is 2.44. The minimum absolute atomic E-state index is 0.273. The molecule has 1 amide bonds. The molecule has 20 heavy (non-hydrogen) atoms. The molecule has 0 bridgehead atoms. The number of ether oxygens (including phenoxy) is 2. The van der Waals surface area contributed by atoms with E-state index in [2.05, 4.69) is 17.5 Å². The number of hydrogen-bond acceptors (Lipinski definition) is 4. The van der Waals surface area contributed by atoms with E-state index in [1.807, 2.05) is 4.90 Å². The zero-order valence-corrected chi connectivity index (χ0v) is 12.5. The summed E-state index contributed by atoms with van der Waals surface area (Å²) >= 11 is 1.76. The number of carbonyl (C=O) groups excluding carboxylic acids is 1. The second-order valence-corrected chi connectivity index (χ2v) is 6.45. The van der Waals surface area contributed by atoms with Crippen molar-refractivity contribution >= 4 is 17.2 Å². The van der Waals surface area contributed by atoms with Crippen molar-refractivity contribution in [1.82, 2.24) is 4.90 Å². The molecule has 3 rings (SSSR count). The van der Waals surface area contributed by atoms with Crippen LogP contribution >= 0.6 is 11.3 Å². The summed E-state index contributed by atoms with van der Waals surface area (Å²) in [6.45, 7) is 2.90. The molecule has 0 N–H and O–H groups in total. The molecule has 2 fully saturated rings. The van der Waals surface area contributed by atoms with Gasteiger partial charge in [-0.05, 0) is 24.3 Å². The lowest BCUT2D eigenvalue weighted by Crippen LogP contribution is -2.47. The van der Waals surface area contributed by atoms with E-state index in [4.69, 9.17) is 9.47 Å². The molecule has 0 unspecified atom stereocenters. The maximum absolute atomic E-state index is 12.2. The molecule has 2 aliphatic heterocycles. The van der Waals surface area contributed by atoms with Crippen LogP contribution in [0.3, 0.4) is 0 Å². The van der Waals surface area contributed by atoms with Crippen LogP contribution in [-0.4, -0.2) is 42.9 Å². The van der Waals surface area contributed by atoms with Gasteiger partial charge in [0.15, 0.2) is 5.79 Å². The first kappa shape index (κ1) is 14.0. The summed E-state index contributed by atoms with van der Waals surface area (Å²) in [7, 11) is 0. The molecule has 5 heteroatoms. The Hall–Kier alpha value is -0.910. The van der Waals surface area contributed by atoms with E-state index in [0.29, 0.717) is 19.6 Å². The topological polar surface area (TPSA) is 38.8 Å². The highest BCUT2D eigenvalue weighted by atomic mass is 32.1. The highest BCUT2D eigenvalue weighted by Crippen LogP contribution is 2.31. The monoisotopic (exact) mass is 295 g/mol. The molecular formula is C15H21NO3S. The van der Waals surface area contributed by atoms with E-state index in [1.54, 1.807) is 11.3 Å². The first-order valence-corrected chi connectivity index (χ1v) is 8.23. The van der Waals surface area contributed by atoms with Crippen LogP contribution in [0.2, 0.25) is 0 Å². The van der Waals surface area contributed by atoms with Crippen LogP contribution in [0, 0.1) is 0 Å². The van der Waals surface area contributed by atoms with Crippen LogP contribution < -0.4 is 0 Å². The molecule has 110 valence electrons. The first-order chi connectivity index (χ1) is 9.77. The van der Waals surface area contributed by atoms with Crippen LogP contribution in [0.15, 0.2) is 17.5 Å². The molecule has 4 nitrogen and oxygen atoms in total. The summed E-state index contributed by atoms with van der Waals surface area (Å²) in [5.41, 5.74) is 0. The molecule has 0 radical (unpaired) electrons. The molecule has 0 atom stereocenters. The Balaban J connectivity index is 1.40. The van der Waals surface area contributed by atoms with Gasteiger partial charge in [0.1, 0.15) is 0 Å². The van der Waals surface area contributed by atoms with Gasteiger partial charge in [0.25, 0.3) is 0 Å². The van der Waals surface area contributed by atoms with Gasteiger partial charge in [0.2, 0.25) is 5.91 Å². The summed E-state index contributed by atoms with van der Waals surface area (Å²) in [5.74, 6) is -0.109. The molecule has 2 aliphatic rings. The molecule has 1 aromatic heterocycles. The Bertz CT molecular complexity index is 430. The maximum Gasteiger partial charge on any atom is 0.222 e. The third-order valence-corrected chi connectivity index (χ3v) is 5.02. The van der Waals surface area contributed by atoms with Gasteiger partial charge in [-0.3, -0.25) is 4.79 Å². The number of carbonyl (C=O) groups is 1. The normalized spacial score (nSPS) is 21.5. The molecular weight excluding hydrogens is 274 g/mol. The highest BCUT2D eigenvalue weighted by Gasteiger charge is 2.40. The van der Waals surface area contributed by atoms with Gasteiger partial charge in [-0.25, -0.2) is 0 Å². The van der Waals surface area contributed by atoms with Gasteiger partial charge in [-0.15, -0.1) is 11.3 Å². The SMILES string of the molecule is O=C(CCCc1cccs1)N1CCC2(CC1)OCCO2. The second-order valence-electron chi connectivity index (χ2n) is 5.42.